The van der Waals surface area contributed by atoms with Gasteiger partial charge in [-0.15, -0.1) is 12.4 Å². The molecular weight excluding hydrogens is 464 g/mol. The Balaban J connectivity index is 0.00000289. The quantitative estimate of drug-likeness (QED) is 0.633. The first-order valence-electron chi connectivity index (χ1n) is 10.3. The third-order valence-electron chi connectivity index (χ3n) is 6.49. The molecule has 4 nitrogen and oxygen atoms in total. The highest BCUT2D eigenvalue weighted by atomic mass is 35.5. The Labute approximate surface area is 195 Å². The molecule has 2 heterocycles. The molecule has 9 heteroatoms. The lowest BCUT2D eigenvalue weighted by molar-refractivity contribution is -0.140. The summed E-state index contributed by atoms with van der Waals surface area (Å²) in [4.78, 5) is 27.0. The molecule has 1 unspecified atom stereocenters. The fraction of sp³-hybridized carbons (Fsp3) is 0.391. The third-order valence-corrected chi connectivity index (χ3v) is 6.80. The lowest BCUT2D eigenvalue weighted by atomic mass is 9.62. The van der Waals surface area contributed by atoms with Gasteiger partial charge in [0.05, 0.1) is 10.4 Å². The van der Waals surface area contributed by atoms with E-state index in [2.05, 4.69) is 10.2 Å². The van der Waals surface area contributed by atoms with Crippen LogP contribution in [0, 0.1) is 23.4 Å². The van der Waals surface area contributed by atoms with Gasteiger partial charge in [0.15, 0.2) is 0 Å². The second-order valence-corrected chi connectivity index (χ2v) is 8.68. The minimum Gasteiger partial charge on any atom is -0.299 e. The first-order valence-corrected chi connectivity index (χ1v) is 10.6. The van der Waals surface area contributed by atoms with Crippen molar-refractivity contribution in [2.75, 3.05) is 13.1 Å². The van der Waals surface area contributed by atoms with Crippen molar-refractivity contribution < 1.29 is 22.8 Å². The average molecular weight is 487 g/mol. The van der Waals surface area contributed by atoms with Crippen LogP contribution >= 0.6 is 24.0 Å². The molecule has 0 aliphatic carbocycles. The molecule has 32 heavy (non-hydrogen) atoms. The van der Waals surface area contributed by atoms with Crippen LogP contribution in [0.1, 0.15) is 36.8 Å². The van der Waals surface area contributed by atoms with Crippen LogP contribution in [-0.4, -0.2) is 29.8 Å². The van der Waals surface area contributed by atoms with E-state index in [1.165, 1.54) is 18.2 Å². The molecular formula is C23H23Cl2F3N2O2. The van der Waals surface area contributed by atoms with Crippen molar-refractivity contribution in [2.45, 2.75) is 37.6 Å². The molecule has 0 saturated carbocycles. The second-order valence-electron chi connectivity index (χ2n) is 8.27. The summed E-state index contributed by atoms with van der Waals surface area (Å²) >= 11 is 5.74. The zero-order valence-electron chi connectivity index (χ0n) is 17.2. The number of piperidine rings is 2. The van der Waals surface area contributed by atoms with Gasteiger partial charge in [-0.1, -0.05) is 23.7 Å². The minimum absolute atomic E-state index is 0. The Bertz CT molecular complexity index is 1030. The molecule has 2 aliphatic heterocycles. The summed E-state index contributed by atoms with van der Waals surface area (Å²) in [7, 11) is 0. The number of amides is 2. The van der Waals surface area contributed by atoms with Crippen LogP contribution in [0.5, 0.6) is 0 Å². The van der Waals surface area contributed by atoms with Crippen LogP contribution < -0.4 is 5.32 Å². The van der Waals surface area contributed by atoms with E-state index in [1.807, 2.05) is 0 Å². The fourth-order valence-corrected chi connectivity index (χ4v) is 5.04. The molecule has 0 aromatic heterocycles. The smallest absolute Gasteiger partial charge is 0.237 e. The molecule has 172 valence electrons. The maximum atomic E-state index is 14.8. The summed E-state index contributed by atoms with van der Waals surface area (Å²) < 4.78 is 42.0. The standard InChI is InChI=1S/C23H22ClF3N2O2.ClH/c24-18-4-1-14(11-20(18)27)13-29-9-6-15(7-10-29)23(8-5-21(30)28-22(23)31)17-3-2-16(25)12-19(17)26;/h1-4,11-12,15H,5-10,13H2,(H,28,30,31);1H. The fourth-order valence-electron chi connectivity index (χ4n) is 4.92. The van der Waals surface area contributed by atoms with Gasteiger partial charge in [0.2, 0.25) is 11.8 Å². The van der Waals surface area contributed by atoms with E-state index in [-0.39, 0.29) is 47.7 Å². The maximum Gasteiger partial charge on any atom is 0.237 e. The lowest BCUT2D eigenvalue weighted by Crippen LogP contribution is -2.57. The van der Waals surface area contributed by atoms with Crippen molar-refractivity contribution in [3.63, 3.8) is 0 Å². The molecule has 2 amide bonds. The van der Waals surface area contributed by atoms with Crippen molar-refractivity contribution in [1.82, 2.24) is 10.2 Å². The first kappa shape index (κ1) is 24.6. The molecule has 2 aliphatic rings. The van der Waals surface area contributed by atoms with E-state index in [1.54, 1.807) is 6.07 Å². The number of rotatable bonds is 4. The Hall–Kier alpha value is -2.09. The predicted octanol–water partition coefficient (Wildman–Crippen LogP) is 4.77. The Morgan fingerprint density at radius 1 is 1.03 bits per heavy atom. The molecule has 2 aromatic rings. The van der Waals surface area contributed by atoms with Crippen molar-refractivity contribution in [2.24, 2.45) is 5.92 Å². The van der Waals surface area contributed by atoms with E-state index < -0.39 is 28.8 Å². The largest absolute Gasteiger partial charge is 0.299 e. The number of nitrogens with one attached hydrogen (secondary N) is 1. The number of carbonyl (C=O) groups excluding carboxylic acids is 2. The van der Waals surface area contributed by atoms with Crippen LogP contribution in [0.2, 0.25) is 5.02 Å². The van der Waals surface area contributed by atoms with Crippen molar-refractivity contribution in [1.29, 1.82) is 0 Å². The van der Waals surface area contributed by atoms with Crippen molar-refractivity contribution in [3.05, 3.63) is 70.0 Å². The maximum absolute atomic E-state index is 14.8. The number of nitrogens with zero attached hydrogens (tertiary/aromatic N) is 1. The van der Waals surface area contributed by atoms with Gasteiger partial charge in [0.1, 0.15) is 17.5 Å². The summed E-state index contributed by atoms with van der Waals surface area (Å²) in [6.07, 6.45) is 1.48. The third kappa shape index (κ3) is 4.65. The summed E-state index contributed by atoms with van der Waals surface area (Å²) in [6, 6.07) is 7.95. The number of hydrogen-bond acceptors (Lipinski definition) is 3. The molecule has 2 saturated heterocycles. The zero-order valence-corrected chi connectivity index (χ0v) is 18.7. The van der Waals surface area contributed by atoms with Gasteiger partial charge >= 0.3 is 0 Å². The van der Waals surface area contributed by atoms with Gasteiger partial charge < -0.3 is 0 Å². The topological polar surface area (TPSA) is 49.4 Å². The van der Waals surface area contributed by atoms with Crippen LogP contribution in [0.4, 0.5) is 13.2 Å². The number of imide groups is 1. The van der Waals surface area contributed by atoms with E-state index in [4.69, 9.17) is 11.6 Å². The normalized spacial score (nSPS) is 22.4. The highest BCUT2D eigenvalue weighted by Gasteiger charge is 2.51. The number of carbonyl (C=O) groups is 2. The van der Waals surface area contributed by atoms with E-state index in [0.717, 1.165) is 17.7 Å². The van der Waals surface area contributed by atoms with Crippen LogP contribution in [0.15, 0.2) is 36.4 Å². The molecule has 1 atom stereocenters. The second kappa shape index (κ2) is 9.81. The minimum atomic E-state index is -1.22. The first-order chi connectivity index (χ1) is 14.8. The summed E-state index contributed by atoms with van der Waals surface area (Å²) in [5.41, 5.74) is -0.290. The van der Waals surface area contributed by atoms with Gasteiger partial charge in [-0.3, -0.25) is 19.8 Å². The van der Waals surface area contributed by atoms with Crippen molar-refractivity contribution in [3.8, 4) is 0 Å². The van der Waals surface area contributed by atoms with Gasteiger partial charge in [0, 0.05) is 24.6 Å². The van der Waals surface area contributed by atoms with Gasteiger partial charge in [-0.25, -0.2) is 13.2 Å². The molecule has 2 aromatic carbocycles. The molecule has 4 rings (SSSR count). The molecule has 2 fully saturated rings. The van der Waals surface area contributed by atoms with Crippen LogP contribution in [0.25, 0.3) is 0 Å². The number of halogens is 5. The molecule has 1 N–H and O–H groups in total. The van der Waals surface area contributed by atoms with Crippen molar-refractivity contribution >= 4 is 35.8 Å². The SMILES string of the molecule is Cl.O=C1CCC(c2ccc(F)cc2F)(C2CCN(Cc3ccc(Cl)c(F)c3)CC2)C(=O)N1. The van der Waals surface area contributed by atoms with Crippen LogP contribution in [-0.2, 0) is 21.5 Å². The van der Waals surface area contributed by atoms with Gasteiger partial charge in [0.25, 0.3) is 0 Å². The number of hydrogen-bond donors (Lipinski definition) is 1. The zero-order chi connectivity index (χ0) is 22.2. The average Bonchev–Trinajstić information content (AvgIpc) is 2.72. The molecule has 0 radical (unpaired) electrons. The van der Waals surface area contributed by atoms with E-state index in [0.29, 0.717) is 32.5 Å². The molecule has 0 bridgehead atoms. The van der Waals surface area contributed by atoms with Crippen LogP contribution in [0.3, 0.4) is 0 Å². The Kier molecular flexibility index (Phi) is 7.53. The molecule has 0 spiro atoms. The summed E-state index contributed by atoms with van der Waals surface area (Å²) in [5, 5.41) is 2.44. The predicted molar refractivity (Wildman–Crippen MR) is 117 cm³/mol. The van der Waals surface area contributed by atoms with Gasteiger partial charge in [-0.2, -0.15) is 0 Å². The Morgan fingerprint density at radius 3 is 2.38 bits per heavy atom. The van der Waals surface area contributed by atoms with E-state index in [9.17, 15) is 22.8 Å². The van der Waals surface area contributed by atoms with Gasteiger partial charge in [-0.05, 0) is 62.0 Å². The van der Waals surface area contributed by atoms with E-state index >= 15 is 0 Å². The lowest BCUT2D eigenvalue weighted by Gasteiger charge is -2.45. The number of likely N-dealkylation sites (tertiary alicyclic amines) is 1. The summed E-state index contributed by atoms with van der Waals surface area (Å²) in [5.74, 6) is -3.07. The highest BCUT2D eigenvalue weighted by Crippen LogP contribution is 2.45. The summed E-state index contributed by atoms with van der Waals surface area (Å²) in [6.45, 7) is 1.78. The Morgan fingerprint density at radius 2 is 1.75 bits per heavy atom. The highest BCUT2D eigenvalue weighted by molar-refractivity contribution is 6.30. The number of benzene rings is 2. The monoisotopic (exact) mass is 486 g/mol.